The molecular formula is C33H38ClN3O4. The molecule has 0 bridgehead atoms. The van der Waals surface area contributed by atoms with Gasteiger partial charge in [0.2, 0.25) is 5.91 Å². The monoisotopic (exact) mass is 575 g/mol. The molecule has 3 aromatic rings. The Kier molecular flexibility index (Phi) is 9.71. The largest absolute Gasteiger partial charge is 0.444 e. The van der Waals surface area contributed by atoms with Crippen LogP contribution in [0.1, 0.15) is 62.8 Å². The molecular weight excluding hydrogens is 538 g/mol. The number of halogens is 1. The molecule has 3 amide bonds. The molecule has 1 fully saturated rings. The van der Waals surface area contributed by atoms with Gasteiger partial charge in [-0.15, -0.1) is 0 Å². The highest BCUT2D eigenvalue weighted by atomic mass is 35.5. The van der Waals surface area contributed by atoms with Crippen molar-refractivity contribution in [1.29, 1.82) is 0 Å². The van der Waals surface area contributed by atoms with E-state index in [0.717, 1.165) is 30.4 Å². The van der Waals surface area contributed by atoms with Crippen molar-refractivity contribution < 1.29 is 19.1 Å². The second-order valence-corrected chi connectivity index (χ2v) is 11.9. The topological polar surface area (TPSA) is 87.7 Å². The summed E-state index contributed by atoms with van der Waals surface area (Å²) < 4.78 is 5.52. The van der Waals surface area contributed by atoms with Gasteiger partial charge in [0, 0.05) is 12.5 Å². The van der Waals surface area contributed by atoms with Crippen molar-refractivity contribution in [3.8, 4) is 0 Å². The highest BCUT2D eigenvalue weighted by Gasteiger charge is 2.42. The molecule has 1 aliphatic carbocycles. The Bertz CT molecular complexity index is 1330. The first kappa shape index (κ1) is 30.1. The Hall–Kier alpha value is -3.84. The average Bonchev–Trinajstić information content (AvgIpc) is 2.89. The number of aryl methyl sites for hydroxylation is 1. The van der Waals surface area contributed by atoms with Crippen LogP contribution in [0.5, 0.6) is 0 Å². The van der Waals surface area contributed by atoms with Crippen molar-refractivity contribution in [3.63, 3.8) is 0 Å². The smallest absolute Gasteiger partial charge is 0.408 e. The molecule has 0 aromatic heterocycles. The van der Waals surface area contributed by atoms with Gasteiger partial charge in [-0.05, 0) is 69.7 Å². The molecule has 41 heavy (non-hydrogen) atoms. The Labute approximate surface area is 247 Å². The number of carbonyl (C=O) groups is 3. The molecule has 7 nitrogen and oxygen atoms in total. The average molecular weight is 576 g/mol. The second-order valence-electron chi connectivity index (χ2n) is 11.5. The van der Waals surface area contributed by atoms with Crippen molar-refractivity contribution in [2.45, 2.75) is 77.1 Å². The van der Waals surface area contributed by atoms with Crippen LogP contribution in [0.2, 0.25) is 5.02 Å². The van der Waals surface area contributed by atoms with Gasteiger partial charge in [-0.2, -0.15) is 0 Å². The first-order chi connectivity index (χ1) is 19.5. The van der Waals surface area contributed by atoms with E-state index in [1.807, 2.05) is 79.7 Å². The maximum Gasteiger partial charge on any atom is 0.408 e. The predicted octanol–water partition coefficient (Wildman–Crippen LogP) is 6.85. The van der Waals surface area contributed by atoms with Crippen molar-refractivity contribution >= 4 is 35.2 Å². The number of nitrogens with one attached hydrogen (secondary N) is 2. The Morgan fingerprint density at radius 3 is 2.15 bits per heavy atom. The van der Waals surface area contributed by atoms with Gasteiger partial charge in [0.25, 0.3) is 5.91 Å². The molecule has 2 unspecified atom stereocenters. The standard InChI is InChI=1S/C33H38ClN3O4/c1-22-13-11-20-26(34)28(22)36-30(38)29(24-16-9-6-10-17-24)37(25-18-12-19-25)31(39)27(21-23-14-7-5-8-15-23)35-32(40)41-33(2,3)4/h5-11,13-17,20,25,27,29H,12,18-19,21H2,1-4H3,(H,35,40)(H,36,38). The maximum absolute atomic E-state index is 14.5. The highest BCUT2D eigenvalue weighted by molar-refractivity contribution is 6.34. The third-order valence-corrected chi connectivity index (χ3v) is 7.42. The number of ether oxygens (including phenoxy) is 1. The molecule has 8 heteroatoms. The van der Waals surface area contributed by atoms with Crippen LogP contribution < -0.4 is 10.6 Å². The fourth-order valence-corrected chi connectivity index (χ4v) is 5.19. The molecule has 0 aliphatic heterocycles. The number of benzene rings is 3. The highest BCUT2D eigenvalue weighted by Crippen LogP contribution is 2.35. The Morgan fingerprint density at radius 1 is 0.951 bits per heavy atom. The minimum Gasteiger partial charge on any atom is -0.444 e. The summed E-state index contributed by atoms with van der Waals surface area (Å²) in [6, 6.07) is 22.1. The van der Waals surface area contributed by atoms with Crippen LogP contribution in [0.25, 0.3) is 0 Å². The summed E-state index contributed by atoms with van der Waals surface area (Å²) >= 11 is 6.46. The molecule has 216 valence electrons. The van der Waals surface area contributed by atoms with E-state index in [9.17, 15) is 14.4 Å². The normalized spacial score (nSPS) is 14.8. The lowest BCUT2D eigenvalue weighted by atomic mass is 9.87. The molecule has 3 aromatic carbocycles. The molecule has 1 saturated carbocycles. The van der Waals surface area contributed by atoms with Gasteiger partial charge in [0.1, 0.15) is 17.7 Å². The van der Waals surface area contributed by atoms with Gasteiger partial charge in [-0.3, -0.25) is 9.59 Å². The van der Waals surface area contributed by atoms with Crippen LogP contribution >= 0.6 is 11.6 Å². The lowest BCUT2D eigenvalue weighted by molar-refractivity contribution is -0.145. The van der Waals surface area contributed by atoms with Crippen LogP contribution in [0.3, 0.4) is 0 Å². The van der Waals surface area contributed by atoms with Crippen LogP contribution in [-0.4, -0.2) is 40.5 Å². The van der Waals surface area contributed by atoms with E-state index in [1.54, 1.807) is 31.7 Å². The molecule has 0 radical (unpaired) electrons. The summed E-state index contributed by atoms with van der Waals surface area (Å²) in [4.78, 5) is 43.3. The van der Waals surface area contributed by atoms with Crippen molar-refractivity contribution in [2.75, 3.05) is 5.32 Å². The fourth-order valence-electron chi connectivity index (χ4n) is 4.92. The zero-order valence-electron chi connectivity index (χ0n) is 24.0. The first-order valence-corrected chi connectivity index (χ1v) is 14.4. The van der Waals surface area contributed by atoms with E-state index in [2.05, 4.69) is 10.6 Å². The number of carbonyl (C=O) groups excluding carboxylic acids is 3. The van der Waals surface area contributed by atoms with E-state index < -0.39 is 23.8 Å². The summed E-state index contributed by atoms with van der Waals surface area (Å²) in [6.45, 7) is 7.18. The third kappa shape index (κ3) is 7.88. The van der Waals surface area contributed by atoms with Gasteiger partial charge in [0.05, 0.1) is 10.7 Å². The molecule has 0 saturated heterocycles. The lowest BCUT2D eigenvalue weighted by Crippen LogP contribution is -2.57. The van der Waals surface area contributed by atoms with Crippen LogP contribution in [-0.2, 0) is 20.7 Å². The number of alkyl carbamates (subject to hydrolysis) is 1. The van der Waals surface area contributed by atoms with E-state index >= 15 is 0 Å². The molecule has 0 heterocycles. The Morgan fingerprint density at radius 2 is 1.59 bits per heavy atom. The minimum absolute atomic E-state index is 0.162. The van der Waals surface area contributed by atoms with Crippen LogP contribution in [0, 0.1) is 6.92 Å². The predicted molar refractivity (Wildman–Crippen MR) is 162 cm³/mol. The third-order valence-electron chi connectivity index (χ3n) is 7.11. The Balaban J connectivity index is 1.74. The van der Waals surface area contributed by atoms with E-state index in [0.29, 0.717) is 16.3 Å². The molecule has 1 aliphatic rings. The van der Waals surface area contributed by atoms with E-state index in [-0.39, 0.29) is 24.3 Å². The van der Waals surface area contributed by atoms with Gasteiger partial charge in [-0.25, -0.2) is 4.79 Å². The number of rotatable bonds is 9. The maximum atomic E-state index is 14.5. The van der Waals surface area contributed by atoms with Crippen LogP contribution in [0.4, 0.5) is 10.5 Å². The number of anilines is 1. The second kappa shape index (κ2) is 13.2. The van der Waals surface area contributed by atoms with Crippen LogP contribution in [0.15, 0.2) is 78.9 Å². The number of para-hydroxylation sites is 1. The number of amides is 3. The zero-order valence-corrected chi connectivity index (χ0v) is 24.8. The lowest BCUT2D eigenvalue weighted by Gasteiger charge is -2.43. The molecule has 0 spiro atoms. The summed E-state index contributed by atoms with van der Waals surface area (Å²) in [5.74, 6) is -0.715. The zero-order chi connectivity index (χ0) is 29.6. The SMILES string of the molecule is Cc1cccc(Cl)c1NC(=O)C(c1ccccc1)N(C(=O)C(Cc1ccccc1)NC(=O)OC(C)(C)C)C1CCC1. The number of hydrogen-bond donors (Lipinski definition) is 2. The molecule has 4 rings (SSSR count). The summed E-state index contributed by atoms with van der Waals surface area (Å²) in [7, 11) is 0. The van der Waals surface area contributed by atoms with Crippen molar-refractivity contribution in [2.24, 2.45) is 0 Å². The fraction of sp³-hybridized carbons (Fsp3) is 0.364. The van der Waals surface area contributed by atoms with Crippen molar-refractivity contribution in [3.05, 3.63) is 101 Å². The number of nitrogens with zero attached hydrogens (tertiary/aromatic N) is 1. The van der Waals surface area contributed by atoms with E-state index in [4.69, 9.17) is 16.3 Å². The van der Waals surface area contributed by atoms with Gasteiger partial charge < -0.3 is 20.3 Å². The van der Waals surface area contributed by atoms with Gasteiger partial charge >= 0.3 is 6.09 Å². The van der Waals surface area contributed by atoms with Gasteiger partial charge in [0.15, 0.2) is 0 Å². The summed E-state index contributed by atoms with van der Waals surface area (Å²) in [6.07, 6.45) is 2.03. The molecule has 2 atom stereocenters. The molecule has 2 N–H and O–H groups in total. The minimum atomic E-state index is -0.950. The first-order valence-electron chi connectivity index (χ1n) is 14.0. The van der Waals surface area contributed by atoms with E-state index in [1.165, 1.54) is 0 Å². The van der Waals surface area contributed by atoms with Gasteiger partial charge in [-0.1, -0.05) is 84.4 Å². The quantitative estimate of drug-likeness (QED) is 0.292. The van der Waals surface area contributed by atoms with Crippen molar-refractivity contribution in [1.82, 2.24) is 10.2 Å². The summed E-state index contributed by atoms with van der Waals surface area (Å²) in [5.41, 5.74) is 2.13. The number of hydrogen-bond acceptors (Lipinski definition) is 4. The summed E-state index contributed by atoms with van der Waals surface area (Å²) in [5, 5.41) is 6.23.